The van der Waals surface area contributed by atoms with Crippen molar-refractivity contribution in [2.24, 2.45) is 0 Å². The van der Waals surface area contributed by atoms with Crippen LogP contribution < -0.4 is 4.90 Å². The molecule has 0 atom stereocenters. The van der Waals surface area contributed by atoms with Crippen LogP contribution in [-0.4, -0.2) is 51.7 Å². The highest BCUT2D eigenvalue weighted by atomic mass is 16.2. The predicted molar refractivity (Wildman–Crippen MR) is 122 cm³/mol. The van der Waals surface area contributed by atoms with Gasteiger partial charge in [-0.1, -0.05) is 6.07 Å². The summed E-state index contributed by atoms with van der Waals surface area (Å²) in [5, 5.41) is 0. The number of carbonyl (C=O) groups excluding carboxylic acids is 2. The molecule has 7 heteroatoms. The molecule has 0 bridgehead atoms. The van der Waals surface area contributed by atoms with Crippen LogP contribution in [-0.2, 0) is 10.2 Å². The fraction of sp³-hybridized carbons (Fsp3) is 0.320. The summed E-state index contributed by atoms with van der Waals surface area (Å²) < 4.78 is 0. The van der Waals surface area contributed by atoms with Gasteiger partial charge in [-0.3, -0.25) is 14.6 Å². The number of hydrogen-bond donors (Lipinski definition) is 0. The van der Waals surface area contributed by atoms with Crippen LogP contribution in [0.1, 0.15) is 41.3 Å². The zero-order valence-corrected chi connectivity index (χ0v) is 18.5. The molecule has 3 aromatic rings. The van der Waals surface area contributed by atoms with E-state index in [2.05, 4.69) is 25.9 Å². The summed E-state index contributed by atoms with van der Waals surface area (Å²) in [5.41, 5.74) is 5.77. The fourth-order valence-electron chi connectivity index (χ4n) is 4.48. The molecule has 1 fully saturated rings. The van der Waals surface area contributed by atoms with E-state index in [1.54, 1.807) is 25.6 Å². The Morgan fingerprint density at radius 1 is 1.09 bits per heavy atom. The second-order valence-electron chi connectivity index (χ2n) is 8.95. The van der Waals surface area contributed by atoms with Crippen LogP contribution >= 0.6 is 0 Å². The van der Waals surface area contributed by atoms with Crippen LogP contribution in [0.15, 0.2) is 48.9 Å². The minimum absolute atomic E-state index is 0.0443. The fourth-order valence-corrected chi connectivity index (χ4v) is 4.48. The smallest absolute Gasteiger partial charge is 0.254 e. The van der Waals surface area contributed by atoms with Crippen molar-refractivity contribution in [3.05, 3.63) is 65.6 Å². The second-order valence-corrected chi connectivity index (χ2v) is 8.95. The molecule has 0 unspecified atom stereocenters. The average molecular weight is 428 g/mol. The average Bonchev–Trinajstić information content (AvgIpc) is 3.49. The first kappa shape index (κ1) is 20.3. The standard InChI is InChI=1S/C25H25N5O2/c1-16-6-9-26-21(10-16)19-12-27-24(28-13-19)30-15-25(7-8-25)20-5-4-18(11-22(20)30)23(32)29(3)14-17(2)31/h4-6,9-13H,7-8,14-15H2,1-3H3. The molecule has 0 radical (unpaired) electrons. The third kappa shape index (κ3) is 3.53. The maximum atomic E-state index is 12.8. The van der Waals surface area contributed by atoms with Gasteiger partial charge in [0.2, 0.25) is 5.95 Å². The normalized spacial score (nSPS) is 15.5. The van der Waals surface area contributed by atoms with E-state index in [4.69, 9.17) is 0 Å². The van der Waals surface area contributed by atoms with Gasteiger partial charge in [-0.25, -0.2) is 9.97 Å². The third-order valence-corrected chi connectivity index (χ3v) is 6.32. The Hall–Kier alpha value is -3.61. The third-order valence-electron chi connectivity index (χ3n) is 6.32. The summed E-state index contributed by atoms with van der Waals surface area (Å²) >= 11 is 0. The Morgan fingerprint density at radius 3 is 2.50 bits per heavy atom. The minimum Gasteiger partial charge on any atom is -0.334 e. The maximum Gasteiger partial charge on any atom is 0.254 e. The van der Waals surface area contributed by atoms with E-state index in [9.17, 15) is 9.59 Å². The Kier molecular flexibility index (Phi) is 4.77. The molecule has 32 heavy (non-hydrogen) atoms. The number of nitrogens with zero attached hydrogens (tertiary/aromatic N) is 5. The van der Waals surface area contributed by atoms with Crippen molar-refractivity contribution in [1.82, 2.24) is 19.9 Å². The lowest BCUT2D eigenvalue weighted by Gasteiger charge is -2.19. The number of aromatic nitrogens is 3. The first-order valence-corrected chi connectivity index (χ1v) is 10.8. The molecular weight excluding hydrogens is 402 g/mol. The van der Waals surface area contributed by atoms with Gasteiger partial charge in [0.15, 0.2) is 0 Å². The number of likely N-dealkylation sites (N-methyl/N-ethyl adjacent to an activating group) is 1. The molecule has 1 aliphatic heterocycles. The van der Waals surface area contributed by atoms with Crippen LogP contribution in [0, 0.1) is 6.92 Å². The Morgan fingerprint density at radius 2 is 1.84 bits per heavy atom. The van der Waals surface area contributed by atoms with Gasteiger partial charge in [-0.2, -0.15) is 0 Å². The number of ketones is 1. The van der Waals surface area contributed by atoms with Crippen LogP contribution in [0.25, 0.3) is 11.3 Å². The molecule has 5 rings (SSSR count). The molecule has 7 nitrogen and oxygen atoms in total. The number of fused-ring (bicyclic) bond motifs is 2. The molecule has 1 saturated carbocycles. The molecule has 0 saturated heterocycles. The molecule has 2 aliphatic rings. The lowest BCUT2D eigenvalue weighted by Crippen LogP contribution is -2.31. The number of hydrogen-bond acceptors (Lipinski definition) is 6. The highest BCUT2D eigenvalue weighted by molar-refractivity contribution is 5.98. The second kappa shape index (κ2) is 7.51. The van der Waals surface area contributed by atoms with Crippen molar-refractivity contribution in [3.63, 3.8) is 0 Å². The first-order chi connectivity index (χ1) is 15.4. The maximum absolute atomic E-state index is 12.8. The minimum atomic E-state index is -0.165. The van der Waals surface area contributed by atoms with Gasteiger partial charge in [0.1, 0.15) is 5.78 Å². The van der Waals surface area contributed by atoms with Gasteiger partial charge in [0.05, 0.1) is 12.2 Å². The van der Waals surface area contributed by atoms with Crippen molar-refractivity contribution in [1.29, 1.82) is 0 Å². The molecule has 162 valence electrons. The number of Topliss-reactive ketones (excluding diaryl/α,β-unsaturated/α-hetero) is 1. The lowest BCUT2D eigenvalue weighted by molar-refractivity contribution is -0.117. The molecule has 1 aliphatic carbocycles. The Balaban J connectivity index is 1.47. The van der Waals surface area contributed by atoms with Gasteiger partial charge in [-0.15, -0.1) is 0 Å². The van der Waals surface area contributed by atoms with Crippen molar-refractivity contribution in [3.8, 4) is 11.3 Å². The van der Waals surface area contributed by atoms with Gasteiger partial charge in [0, 0.05) is 54.4 Å². The number of pyridine rings is 1. The topological polar surface area (TPSA) is 79.3 Å². The van der Waals surface area contributed by atoms with E-state index < -0.39 is 0 Å². The van der Waals surface area contributed by atoms with E-state index in [1.165, 1.54) is 17.4 Å². The van der Waals surface area contributed by atoms with Gasteiger partial charge in [-0.05, 0) is 62.1 Å². The molecule has 0 N–H and O–H groups in total. The van der Waals surface area contributed by atoms with Crippen LogP contribution in [0.2, 0.25) is 0 Å². The Labute approximate surface area is 187 Å². The summed E-state index contributed by atoms with van der Waals surface area (Å²) in [5.74, 6) is 0.409. The quantitative estimate of drug-likeness (QED) is 0.618. The summed E-state index contributed by atoms with van der Waals surface area (Å²) in [6.45, 7) is 4.42. The number of aryl methyl sites for hydroxylation is 1. The van der Waals surface area contributed by atoms with E-state index in [1.807, 2.05) is 31.2 Å². The zero-order chi connectivity index (χ0) is 22.5. The number of anilines is 2. The Bertz CT molecular complexity index is 1220. The summed E-state index contributed by atoms with van der Waals surface area (Å²) in [6.07, 6.45) is 7.64. The zero-order valence-electron chi connectivity index (χ0n) is 18.5. The largest absolute Gasteiger partial charge is 0.334 e. The number of amides is 1. The highest BCUT2D eigenvalue weighted by Gasteiger charge is 2.52. The van der Waals surface area contributed by atoms with Crippen molar-refractivity contribution >= 4 is 23.3 Å². The molecule has 1 aromatic carbocycles. The first-order valence-electron chi connectivity index (χ1n) is 10.8. The molecule has 2 aromatic heterocycles. The summed E-state index contributed by atoms with van der Waals surface area (Å²) in [7, 11) is 1.65. The molecule has 1 amide bonds. The summed E-state index contributed by atoms with van der Waals surface area (Å²) in [4.78, 5) is 41.5. The van der Waals surface area contributed by atoms with Gasteiger partial charge in [0.25, 0.3) is 5.91 Å². The van der Waals surface area contributed by atoms with Gasteiger partial charge >= 0.3 is 0 Å². The molecule has 3 heterocycles. The van der Waals surface area contributed by atoms with Crippen LogP contribution in [0.5, 0.6) is 0 Å². The van der Waals surface area contributed by atoms with E-state index in [-0.39, 0.29) is 23.7 Å². The van der Waals surface area contributed by atoms with Crippen LogP contribution in [0.3, 0.4) is 0 Å². The predicted octanol–water partition coefficient (Wildman–Crippen LogP) is 3.69. The number of rotatable bonds is 5. The van der Waals surface area contributed by atoms with E-state index in [0.29, 0.717) is 11.5 Å². The van der Waals surface area contributed by atoms with E-state index in [0.717, 1.165) is 41.9 Å². The molecule has 1 spiro atoms. The molecular formula is C25H25N5O2. The summed E-state index contributed by atoms with van der Waals surface area (Å²) in [6, 6.07) is 9.82. The van der Waals surface area contributed by atoms with Gasteiger partial charge < -0.3 is 9.80 Å². The van der Waals surface area contributed by atoms with E-state index >= 15 is 0 Å². The van der Waals surface area contributed by atoms with Crippen LogP contribution in [0.4, 0.5) is 11.6 Å². The van der Waals surface area contributed by atoms with Crippen molar-refractivity contribution < 1.29 is 9.59 Å². The van der Waals surface area contributed by atoms with Crippen molar-refractivity contribution in [2.75, 3.05) is 25.0 Å². The number of benzene rings is 1. The SMILES string of the molecule is CC(=O)CN(C)C(=O)c1ccc2c(c1)N(c1ncc(-c3cc(C)ccn3)cn1)CC21CC1. The van der Waals surface area contributed by atoms with Crippen molar-refractivity contribution in [2.45, 2.75) is 32.1 Å². The lowest BCUT2D eigenvalue weighted by atomic mass is 9.97. The monoisotopic (exact) mass is 427 g/mol. The number of carbonyl (C=O) groups is 2. The highest BCUT2D eigenvalue weighted by Crippen LogP contribution is 2.57.